The number of nitrogens with one attached hydrogen (secondary N) is 2. The molecule has 1 aromatic heterocycles. The van der Waals surface area contributed by atoms with E-state index in [2.05, 4.69) is 15.6 Å². The average Bonchev–Trinajstić information content (AvgIpc) is 3.28. The fourth-order valence-corrected chi connectivity index (χ4v) is 2.46. The van der Waals surface area contributed by atoms with Gasteiger partial charge >= 0.3 is 6.09 Å². The summed E-state index contributed by atoms with van der Waals surface area (Å²) >= 11 is 0. The topological polar surface area (TPSA) is 80.3 Å². The Bertz CT molecular complexity index is 626. The van der Waals surface area contributed by atoms with Crippen molar-refractivity contribution in [3.8, 4) is 0 Å². The molecule has 1 fully saturated rings. The zero-order valence-electron chi connectivity index (χ0n) is 14.5. The first-order chi connectivity index (χ1) is 11.1. The fraction of sp³-hybridized carbons (Fsp3) is 0.588. The van der Waals surface area contributed by atoms with Gasteiger partial charge in [-0.05, 0) is 52.5 Å². The standard InChI is InChI=1S/C17H24FN3O3/c1-16(2,3)24-15(23)20-10-17(4,12-5-6-12)21-14(22)11-7-8-19-13(18)9-11/h7-9,12H,5-6,10H2,1-4H3,(H,20,23)(H,21,22). The Labute approximate surface area is 141 Å². The number of ether oxygens (including phenoxy) is 1. The van der Waals surface area contributed by atoms with Crippen molar-refractivity contribution in [3.05, 3.63) is 29.8 Å². The third kappa shape index (κ3) is 5.18. The Hall–Kier alpha value is -2.18. The van der Waals surface area contributed by atoms with Crippen molar-refractivity contribution in [1.29, 1.82) is 0 Å². The Morgan fingerprint density at radius 3 is 2.54 bits per heavy atom. The van der Waals surface area contributed by atoms with Crippen molar-refractivity contribution in [2.75, 3.05) is 6.54 Å². The second-order valence-corrected chi connectivity index (χ2v) is 7.37. The van der Waals surface area contributed by atoms with Gasteiger partial charge in [0.25, 0.3) is 5.91 Å². The first-order valence-electron chi connectivity index (χ1n) is 8.00. The van der Waals surface area contributed by atoms with Crippen LogP contribution in [0.2, 0.25) is 0 Å². The van der Waals surface area contributed by atoms with Crippen LogP contribution in [0.1, 0.15) is 50.9 Å². The number of halogens is 1. The van der Waals surface area contributed by atoms with Crippen molar-refractivity contribution in [2.24, 2.45) is 5.92 Å². The lowest BCUT2D eigenvalue weighted by molar-refractivity contribution is 0.0502. The van der Waals surface area contributed by atoms with Gasteiger partial charge in [-0.15, -0.1) is 0 Å². The van der Waals surface area contributed by atoms with Crippen molar-refractivity contribution in [1.82, 2.24) is 15.6 Å². The highest BCUT2D eigenvalue weighted by molar-refractivity contribution is 5.94. The van der Waals surface area contributed by atoms with Crippen molar-refractivity contribution in [3.63, 3.8) is 0 Å². The second-order valence-electron chi connectivity index (χ2n) is 7.37. The van der Waals surface area contributed by atoms with Crippen LogP contribution in [0.5, 0.6) is 0 Å². The van der Waals surface area contributed by atoms with Crippen molar-refractivity contribution < 1.29 is 18.7 Å². The van der Waals surface area contributed by atoms with Crippen LogP contribution in [-0.4, -0.2) is 34.7 Å². The van der Waals surface area contributed by atoms with Gasteiger partial charge in [0.2, 0.25) is 5.95 Å². The lowest BCUT2D eigenvalue weighted by atomic mass is 9.95. The van der Waals surface area contributed by atoms with Crippen LogP contribution in [-0.2, 0) is 4.74 Å². The van der Waals surface area contributed by atoms with E-state index >= 15 is 0 Å². The Morgan fingerprint density at radius 2 is 2.00 bits per heavy atom. The minimum Gasteiger partial charge on any atom is -0.444 e. The molecule has 0 spiro atoms. The van der Waals surface area contributed by atoms with Crippen molar-refractivity contribution >= 4 is 12.0 Å². The van der Waals surface area contributed by atoms with Crippen molar-refractivity contribution in [2.45, 2.75) is 51.7 Å². The molecule has 0 bridgehead atoms. The second kappa shape index (κ2) is 6.75. The molecule has 1 unspecified atom stereocenters. The van der Waals surface area contributed by atoms with Crippen LogP contribution in [0.4, 0.5) is 9.18 Å². The fourth-order valence-electron chi connectivity index (χ4n) is 2.46. The lowest BCUT2D eigenvalue weighted by Crippen LogP contribution is -2.55. The molecule has 1 atom stereocenters. The molecule has 1 heterocycles. The lowest BCUT2D eigenvalue weighted by Gasteiger charge is -2.32. The third-order valence-electron chi connectivity index (χ3n) is 3.87. The summed E-state index contributed by atoms with van der Waals surface area (Å²) in [4.78, 5) is 27.7. The predicted molar refractivity (Wildman–Crippen MR) is 87.0 cm³/mol. The molecule has 1 aliphatic rings. The van der Waals surface area contributed by atoms with Gasteiger partial charge < -0.3 is 15.4 Å². The number of hydrogen-bond acceptors (Lipinski definition) is 4. The van der Waals surface area contributed by atoms with Gasteiger partial charge in [0.05, 0.1) is 5.54 Å². The number of amides is 2. The van der Waals surface area contributed by atoms with E-state index in [1.165, 1.54) is 12.3 Å². The molecule has 1 saturated carbocycles. The van der Waals surface area contributed by atoms with Crippen LogP contribution in [0.3, 0.4) is 0 Å². The van der Waals surface area contributed by atoms with Gasteiger partial charge in [-0.3, -0.25) is 4.79 Å². The molecular weight excluding hydrogens is 313 g/mol. The quantitative estimate of drug-likeness (QED) is 0.810. The van der Waals surface area contributed by atoms with Gasteiger partial charge in [0, 0.05) is 24.4 Å². The van der Waals surface area contributed by atoms with Crippen LogP contribution < -0.4 is 10.6 Å². The van der Waals surface area contributed by atoms with Gasteiger partial charge in [0.1, 0.15) is 5.60 Å². The third-order valence-corrected chi connectivity index (χ3v) is 3.87. The van der Waals surface area contributed by atoms with Crippen LogP contribution in [0.25, 0.3) is 0 Å². The minimum absolute atomic E-state index is 0.201. The Kier molecular flexibility index (Phi) is 5.11. The summed E-state index contributed by atoms with van der Waals surface area (Å²) < 4.78 is 18.4. The maximum absolute atomic E-state index is 13.2. The van der Waals surface area contributed by atoms with Gasteiger partial charge in [-0.25, -0.2) is 9.78 Å². The molecular formula is C17H24FN3O3. The van der Waals surface area contributed by atoms with Gasteiger partial charge in [-0.1, -0.05) is 0 Å². The van der Waals surface area contributed by atoms with E-state index in [9.17, 15) is 14.0 Å². The molecule has 2 rings (SSSR count). The van der Waals surface area contributed by atoms with E-state index in [0.717, 1.165) is 18.9 Å². The molecule has 132 valence electrons. The smallest absolute Gasteiger partial charge is 0.407 e. The van der Waals surface area contributed by atoms with E-state index in [1.807, 2.05) is 6.92 Å². The van der Waals surface area contributed by atoms with Crippen LogP contribution in [0, 0.1) is 11.9 Å². The highest BCUT2D eigenvalue weighted by atomic mass is 19.1. The van der Waals surface area contributed by atoms with Crippen LogP contribution >= 0.6 is 0 Å². The maximum atomic E-state index is 13.2. The highest BCUT2D eigenvalue weighted by Gasteiger charge is 2.43. The van der Waals surface area contributed by atoms with E-state index in [4.69, 9.17) is 4.74 Å². The Morgan fingerprint density at radius 1 is 1.33 bits per heavy atom. The normalized spacial score (nSPS) is 16.9. The summed E-state index contributed by atoms with van der Waals surface area (Å²) in [5.74, 6) is -0.831. The molecule has 0 saturated heterocycles. The van der Waals surface area contributed by atoms with Gasteiger partial charge in [0.15, 0.2) is 0 Å². The van der Waals surface area contributed by atoms with E-state index < -0.39 is 29.1 Å². The number of rotatable bonds is 5. The van der Waals surface area contributed by atoms with Crippen LogP contribution in [0.15, 0.2) is 18.3 Å². The van der Waals surface area contributed by atoms with Gasteiger partial charge in [-0.2, -0.15) is 4.39 Å². The average molecular weight is 337 g/mol. The number of alkyl carbamates (subject to hydrolysis) is 1. The zero-order valence-corrected chi connectivity index (χ0v) is 14.5. The molecule has 0 aromatic carbocycles. The van der Waals surface area contributed by atoms with E-state index in [1.54, 1.807) is 20.8 Å². The molecule has 1 aromatic rings. The number of carbonyl (C=O) groups excluding carboxylic acids is 2. The number of nitrogens with zero attached hydrogens (tertiary/aromatic N) is 1. The monoisotopic (exact) mass is 337 g/mol. The summed E-state index contributed by atoms with van der Waals surface area (Å²) in [6, 6.07) is 2.54. The number of hydrogen-bond donors (Lipinski definition) is 2. The predicted octanol–water partition coefficient (Wildman–Crippen LogP) is 2.64. The summed E-state index contributed by atoms with van der Waals surface area (Å²) in [6.45, 7) is 7.47. The minimum atomic E-state index is -0.706. The number of pyridine rings is 1. The number of aromatic nitrogens is 1. The largest absolute Gasteiger partial charge is 0.444 e. The molecule has 2 N–H and O–H groups in total. The highest BCUT2D eigenvalue weighted by Crippen LogP contribution is 2.39. The van der Waals surface area contributed by atoms with E-state index in [-0.39, 0.29) is 18.0 Å². The summed E-state index contributed by atoms with van der Waals surface area (Å²) in [5, 5.41) is 5.62. The summed E-state index contributed by atoms with van der Waals surface area (Å²) in [7, 11) is 0. The molecule has 2 amide bonds. The first-order valence-corrected chi connectivity index (χ1v) is 8.00. The molecule has 7 heteroatoms. The molecule has 0 radical (unpaired) electrons. The maximum Gasteiger partial charge on any atom is 0.407 e. The number of carbonyl (C=O) groups is 2. The molecule has 6 nitrogen and oxygen atoms in total. The Balaban J connectivity index is 2.00. The molecule has 0 aliphatic heterocycles. The molecule has 24 heavy (non-hydrogen) atoms. The summed E-state index contributed by atoms with van der Waals surface area (Å²) in [5.41, 5.74) is -1.00. The SMILES string of the molecule is CC(C)(C)OC(=O)NCC(C)(NC(=O)c1ccnc(F)c1)C1CC1. The van der Waals surface area contributed by atoms with E-state index in [0.29, 0.717) is 0 Å². The zero-order chi connectivity index (χ0) is 18.0. The molecule has 1 aliphatic carbocycles. The first kappa shape index (κ1) is 18.2. The summed E-state index contributed by atoms with van der Waals surface area (Å²) in [6.07, 6.45) is 2.66.